The normalized spacial score (nSPS) is 24.3. The lowest BCUT2D eigenvalue weighted by Crippen LogP contribution is -2.65. The van der Waals surface area contributed by atoms with Crippen LogP contribution in [0.1, 0.15) is 17.5 Å². The largest absolute Gasteiger partial charge is 0.504 e. The van der Waals surface area contributed by atoms with Crippen LogP contribution >= 0.6 is 0 Å². The van der Waals surface area contributed by atoms with E-state index in [2.05, 4.69) is 30.2 Å². The van der Waals surface area contributed by atoms with E-state index >= 15 is 0 Å². The fraction of sp³-hybridized carbons (Fsp3) is 0.789. The zero-order chi connectivity index (χ0) is 36.3. The molecule has 0 aromatic heterocycles. The van der Waals surface area contributed by atoms with Gasteiger partial charge < -0.3 is 66.8 Å². The Morgan fingerprint density at radius 3 is 1.60 bits per heavy atom. The van der Waals surface area contributed by atoms with Crippen LogP contribution in [0, 0.1) is 5.92 Å². The van der Waals surface area contributed by atoms with Gasteiger partial charge in [0.1, 0.15) is 12.2 Å². The van der Waals surface area contributed by atoms with Gasteiger partial charge in [0.05, 0.1) is 132 Å². The van der Waals surface area contributed by atoms with Gasteiger partial charge in [-0.15, -0.1) is 0 Å². The third-order valence-electron chi connectivity index (χ3n) is 10.1. The molecule has 5 rings (SSSR count). The second-order valence-corrected chi connectivity index (χ2v) is 13.3. The van der Waals surface area contributed by atoms with E-state index in [1.54, 1.807) is 13.2 Å². The number of ether oxygens (including phenoxy) is 12. The third-order valence-corrected chi connectivity index (χ3v) is 10.1. The summed E-state index contributed by atoms with van der Waals surface area (Å²) < 4.78 is 67.4. The van der Waals surface area contributed by atoms with Crippen molar-refractivity contribution in [1.82, 2.24) is 4.90 Å². The Morgan fingerprint density at radius 2 is 1.12 bits per heavy atom. The van der Waals surface area contributed by atoms with Crippen molar-refractivity contribution in [2.24, 2.45) is 5.92 Å². The Balaban J connectivity index is 0.771. The number of likely N-dealkylation sites (N-methyl/N-ethyl adjacent to an activating group) is 1. The van der Waals surface area contributed by atoms with Crippen LogP contribution in [0.25, 0.3) is 0 Å². The van der Waals surface area contributed by atoms with E-state index in [-0.39, 0.29) is 23.4 Å². The van der Waals surface area contributed by atoms with Crippen molar-refractivity contribution in [3.63, 3.8) is 0 Å². The van der Waals surface area contributed by atoms with Gasteiger partial charge in [-0.05, 0) is 38.1 Å². The predicted octanol–water partition coefficient (Wildman–Crippen LogP) is 2.02. The summed E-state index contributed by atoms with van der Waals surface area (Å²) in [6, 6.07) is 4.29. The number of hydrogen-bond donors (Lipinski definition) is 1. The summed E-state index contributed by atoms with van der Waals surface area (Å²) in [7, 11) is 3.87. The highest BCUT2D eigenvalue weighted by atomic mass is 16.6. The molecule has 296 valence electrons. The third kappa shape index (κ3) is 11.5. The lowest BCUT2D eigenvalue weighted by molar-refractivity contribution is -0.0818. The summed E-state index contributed by atoms with van der Waals surface area (Å²) in [6.07, 6.45) is 6.13. The molecule has 2 heterocycles. The van der Waals surface area contributed by atoms with Gasteiger partial charge in [0.2, 0.25) is 0 Å². The molecule has 5 atom stereocenters. The van der Waals surface area contributed by atoms with E-state index in [0.29, 0.717) is 150 Å². The first kappa shape index (κ1) is 41.2. The molecule has 2 aliphatic heterocycles. The van der Waals surface area contributed by atoms with Gasteiger partial charge >= 0.3 is 0 Å². The molecular formula is C38H61NO13. The van der Waals surface area contributed by atoms with Crippen molar-refractivity contribution >= 4 is 0 Å². The molecule has 2 bridgehead atoms. The SMILES string of the molecule is COCCOCCOCCOCCOCCOCCOCCOCCOCCOCCO[C@H]1C=CC2C3Cc4ccc(O)c5c4[C@@]2(CCN3C)[C@H]1O5. The van der Waals surface area contributed by atoms with Gasteiger partial charge in [0, 0.05) is 30.0 Å². The predicted molar refractivity (Wildman–Crippen MR) is 191 cm³/mol. The number of methoxy groups -OCH3 is 1. The van der Waals surface area contributed by atoms with Gasteiger partial charge in [-0.1, -0.05) is 18.2 Å². The molecular weight excluding hydrogens is 678 g/mol. The minimum absolute atomic E-state index is 0.147. The maximum atomic E-state index is 10.7. The average molecular weight is 740 g/mol. The summed E-state index contributed by atoms with van der Waals surface area (Å²) in [4.78, 5) is 2.48. The van der Waals surface area contributed by atoms with Crippen molar-refractivity contribution in [2.75, 3.05) is 153 Å². The molecule has 1 spiro atoms. The number of nitrogens with zero attached hydrogens (tertiary/aromatic N) is 1. The summed E-state index contributed by atoms with van der Waals surface area (Å²) in [5.74, 6) is 1.24. The topological polar surface area (TPSA) is 134 Å². The van der Waals surface area contributed by atoms with Crippen LogP contribution in [0.3, 0.4) is 0 Å². The summed E-state index contributed by atoms with van der Waals surface area (Å²) in [5.41, 5.74) is 2.36. The van der Waals surface area contributed by atoms with Crippen LogP contribution in [0.4, 0.5) is 0 Å². The molecule has 52 heavy (non-hydrogen) atoms. The number of phenols is 1. The molecule has 1 aromatic carbocycles. The fourth-order valence-corrected chi connectivity index (χ4v) is 7.61. The minimum Gasteiger partial charge on any atom is -0.504 e. The van der Waals surface area contributed by atoms with Gasteiger partial charge in [-0.25, -0.2) is 0 Å². The molecule has 14 heteroatoms. The van der Waals surface area contributed by atoms with E-state index in [0.717, 1.165) is 19.4 Å². The maximum absolute atomic E-state index is 10.7. The first-order chi connectivity index (χ1) is 25.7. The number of rotatable bonds is 31. The van der Waals surface area contributed by atoms with Crippen molar-refractivity contribution in [3.8, 4) is 11.5 Å². The second kappa shape index (κ2) is 23.1. The number of phenolic OH excluding ortho intramolecular Hbond substituents is 1. The van der Waals surface area contributed by atoms with E-state index in [1.165, 1.54) is 11.1 Å². The molecule has 0 amide bonds. The molecule has 1 aromatic rings. The van der Waals surface area contributed by atoms with Crippen LogP contribution in [-0.2, 0) is 63.9 Å². The van der Waals surface area contributed by atoms with E-state index in [1.807, 2.05) is 0 Å². The quantitative estimate of drug-likeness (QED) is 0.0880. The Kier molecular flexibility index (Phi) is 18.3. The Labute approximate surface area is 308 Å². The molecule has 4 aliphatic rings. The number of likely N-dealkylation sites (tertiary alicyclic amines) is 1. The minimum atomic E-state index is -0.192. The van der Waals surface area contributed by atoms with Gasteiger partial charge in [-0.2, -0.15) is 0 Å². The highest BCUT2D eigenvalue weighted by molar-refractivity contribution is 5.61. The van der Waals surface area contributed by atoms with Crippen LogP contribution in [0.2, 0.25) is 0 Å². The lowest BCUT2D eigenvalue weighted by Gasteiger charge is -2.56. The Bertz CT molecular complexity index is 1170. The molecule has 2 unspecified atom stereocenters. The highest BCUT2D eigenvalue weighted by Gasteiger charge is 2.64. The fourth-order valence-electron chi connectivity index (χ4n) is 7.61. The Morgan fingerprint density at radius 1 is 0.654 bits per heavy atom. The Hall–Kier alpha value is -1.92. The average Bonchev–Trinajstić information content (AvgIpc) is 3.51. The second-order valence-electron chi connectivity index (χ2n) is 13.3. The summed E-state index contributed by atoms with van der Waals surface area (Å²) in [5, 5.41) is 10.7. The zero-order valence-electron chi connectivity index (χ0n) is 31.2. The number of hydrogen-bond acceptors (Lipinski definition) is 14. The van der Waals surface area contributed by atoms with Crippen molar-refractivity contribution < 1.29 is 61.9 Å². The number of aromatic hydroxyl groups is 1. The van der Waals surface area contributed by atoms with Crippen LogP contribution in [0.5, 0.6) is 11.5 Å². The lowest BCUT2D eigenvalue weighted by atomic mass is 9.53. The smallest absolute Gasteiger partial charge is 0.165 e. The highest BCUT2D eigenvalue weighted by Crippen LogP contribution is 2.62. The maximum Gasteiger partial charge on any atom is 0.165 e. The van der Waals surface area contributed by atoms with Gasteiger partial charge in [-0.3, -0.25) is 0 Å². The van der Waals surface area contributed by atoms with Gasteiger partial charge in [0.15, 0.2) is 11.5 Å². The molecule has 2 aliphatic carbocycles. The zero-order valence-corrected chi connectivity index (χ0v) is 31.2. The van der Waals surface area contributed by atoms with Crippen molar-refractivity contribution in [1.29, 1.82) is 0 Å². The number of piperidine rings is 1. The molecule has 1 N–H and O–H groups in total. The number of benzene rings is 1. The van der Waals surface area contributed by atoms with E-state index < -0.39 is 0 Å². The van der Waals surface area contributed by atoms with Crippen LogP contribution in [0.15, 0.2) is 24.3 Å². The molecule has 0 saturated carbocycles. The molecule has 1 saturated heterocycles. The monoisotopic (exact) mass is 739 g/mol. The van der Waals surface area contributed by atoms with Crippen molar-refractivity contribution in [2.45, 2.75) is 36.5 Å². The van der Waals surface area contributed by atoms with E-state index in [4.69, 9.17) is 56.8 Å². The van der Waals surface area contributed by atoms with Crippen LogP contribution < -0.4 is 4.74 Å². The first-order valence-electron chi connectivity index (χ1n) is 18.9. The summed E-state index contributed by atoms with van der Waals surface area (Å²) in [6.45, 7) is 11.3. The standard InChI is InChI=1S/C38H61NO13/c1-39-8-7-38-31-4-6-34(37(38)52-36-33(40)5-3-30(35(36)38)29-32(31)39)51-28-27-50-26-25-49-24-23-48-22-21-47-20-19-46-18-17-45-16-15-44-14-13-43-12-11-42-10-9-41-2/h3-6,31-32,34,37,40H,7-29H2,1-2H3/t31?,32?,34-,37-,38-/m0/s1. The molecule has 1 fully saturated rings. The first-order valence-corrected chi connectivity index (χ1v) is 18.9. The van der Waals surface area contributed by atoms with Crippen molar-refractivity contribution in [3.05, 3.63) is 35.4 Å². The molecule has 0 radical (unpaired) electrons. The van der Waals surface area contributed by atoms with Crippen LogP contribution in [-0.4, -0.2) is 181 Å². The van der Waals surface area contributed by atoms with E-state index in [9.17, 15) is 5.11 Å². The molecule has 14 nitrogen and oxygen atoms in total. The van der Waals surface area contributed by atoms with Gasteiger partial charge in [0.25, 0.3) is 0 Å². The summed E-state index contributed by atoms with van der Waals surface area (Å²) >= 11 is 0.